The molecule has 0 bridgehead atoms. The van der Waals surface area contributed by atoms with Gasteiger partial charge >= 0.3 is 0 Å². The number of ketones is 1. The molecule has 1 N–H and O–H groups in total. The number of aliphatic hydroxyl groups is 1. The molecule has 0 saturated heterocycles. The summed E-state index contributed by atoms with van der Waals surface area (Å²) >= 11 is 2.00. The van der Waals surface area contributed by atoms with Crippen molar-refractivity contribution in [2.75, 3.05) is 12.4 Å². The normalized spacial score (nSPS) is 29.5. The van der Waals surface area contributed by atoms with Crippen LogP contribution in [0.15, 0.2) is 35.9 Å². The lowest BCUT2D eigenvalue weighted by atomic mass is 9.59. The van der Waals surface area contributed by atoms with Gasteiger partial charge in [0, 0.05) is 17.6 Å². The van der Waals surface area contributed by atoms with Crippen molar-refractivity contribution in [3.8, 4) is 5.75 Å². The summed E-state index contributed by atoms with van der Waals surface area (Å²) in [5, 5.41) is 11.5. The van der Waals surface area contributed by atoms with Crippen LogP contribution in [0.5, 0.6) is 5.75 Å². The van der Waals surface area contributed by atoms with E-state index in [0.29, 0.717) is 42.5 Å². The Morgan fingerprint density at radius 3 is 2.73 bits per heavy atom. The van der Waals surface area contributed by atoms with Crippen LogP contribution in [0.1, 0.15) is 104 Å². The first-order valence-corrected chi connectivity index (χ1v) is 16.2. The highest BCUT2D eigenvalue weighted by Gasteiger charge is 2.49. The molecule has 1 fully saturated rings. The number of thioether (sulfide) groups is 1. The van der Waals surface area contributed by atoms with Crippen molar-refractivity contribution in [1.29, 1.82) is 0 Å². The zero-order valence-electron chi connectivity index (χ0n) is 24.1. The lowest BCUT2D eigenvalue weighted by molar-refractivity contribution is -0.115. The zero-order valence-corrected chi connectivity index (χ0v) is 25.0. The predicted molar refractivity (Wildman–Crippen MR) is 158 cm³/mol. The van der Waals surface area contributed by atoms with Crippen molar-refractivity contribution >= 4 is 17.5 Å². The molecule has 208 valence electrons. The minimum absolute atomic E-state index is 0.125. The predicted octanol–water partition coefficient (Wildman–Crippen LogP) is 8.63. The Morgan fingerprint density at radius 2 is 2.03 bits per heavy atom. The fraction of sp³-hybridized carbons (Fsp3) is 0.727. The molecule has 2 aliphatic carbocycles. The fourth-order valence-corrected chi connectivity index (χ4v) is 8.54. The second kappa shape index (κ2) is 14.8. The Bertz CT molecular complexity index is 880. The average molecular weight is 529 g/mol. The molecule has 0 heterocycles. The molecule has 3 nitrogen and oxygen atoms in total. The molecule has 0 spiro atoms. The molecular weight excluding hydrogens is 476 g/mol. The van der Waals surface area contributed by atoms with Crippen molar-refractivity contribution in [2.24, 2.45) is 29.1 Å². The molecule has 37 heavy (non-hydrogen) atoms. The topological polar surface area (TPSA) is 46.5 Å². The Balaban J connectivity index is 1.72. The fourth-order valence-electron chi connectivity index (χ4n) is 7.49. The Kier molecular flexibility index (Phi) is 12.1. The standard InChI is InChI=1S/C33H52O3S/c1-6-9-20-37-23-26-12-10-13-28(22-26)36-19-18-33(32(35)8-3)17-11-14-31(29(7-2)25(33)5)30-16-15-27(34)21-24(30)4/h10,12-13,21-22,25,29-32,35H,6-9,11,14-20,23H2,1-5H3/t25?,29?,30?,31?,32-,33+/m0/s1. The van der Waals surface area contributed by atoms with Gasteiger partial charge in [-0.1, -0.05) is 64.7 Å². The van der Waals surface area contributed by atoms with E-state index < -0.39 is 0 Å². The third kappa shape index (κ3) is 7.66. The van der Waals surface area contributed by atoms with Gasteiger partial charge in [-0.15, -0.1) is 0 Å². The largest absolute Gasteiger partial charge is 0.494 e. The third-order valence-corrected chi connectivity index (χ3v) is 10.8. The van der Waals surface area contributed by atoms with Gasteiger partial charge in [0.2, 0.25) is 0 Å². The molecule has 0 radical (unpaired) electrons. The molecule has 0 aromatic heterocycles. The molecule has 6 atom stereocenters. The maximum absolute atomic E-state index is 12.0. The van der Waals surface area contributed by atoms with Crippen molar-refractivity contribution in [3.05, 3.63) is 41.5 Å². The summed E-state index contributed by atoms with van der Waals surface area (Å²) in [6, 6.07) is 8.58. The van der Waals surface area contributed by atoms with Crippen molar-refractivity contribution in [1.82, 2.24) is 0 Å². The van der Waals surface area contributed by atoms with Gasteiger partial charge in [0.1, 0.15) is 5.75 Å². The Morgan fingerprint density at radius 1 is 1.22 bits per heavy atom. The van der Waals surface area contributed by atoms with Crippen LogP contribution in [0.3, 0.4) is 0 Å². The zero-order chi connectivity index (χ0) is 26.8. The highest BCUT2D eigenvalue weighted by Crippen LogP contribution is 2.54. The second-order valence-corrected chi connectivity index (χ2v) is 12.8. The van der Waals surface area contributed by atoms with Crippen LogP contribution in [-0.4, -0.2) is 29.4 Å². The molecule has 3 rings (SSSR count). The Labute approximate surface area is 231 Å². The molecule has 1 saturated carbocycles. The van der Waals surface area contributed by atoms with E-state index in [4.69, 9.17) is 4.74 Å². The van der Waals surface area contributed by atoms with Crippen LogP contribution in [-0.2, 0) is 10.5 Å². The van der Waals surface area contributed by atoms with E-state index in [1.165, 1.54) is 36.2 Å². The van der Waals surface area contributed by atoms with Crippen LogP contribution in [0.4, 0.5) is 0 Å². The van der Waals surface area contributed by atoms with E-state index >= 15 is 0 Å². The number of hydrogen-bond donors (Lipinski definition) is 1. The molecule has 0 aliphatic heterocycles. The second-order valence-electron chi connectivity index (χ2n) is 11.7. The molecule has 0 amide bonds. The third-order valence-electron chi connectivity index (χ3n) is 9.64. The molecule has 4 heteroatoms. The highest BCUT2D eigenvalue weighted by molar-refractivity contribution is 7.98. The van der Waals surface area contributed by atoms with E-state index in [1.807, 2.05) is 17.8 Å². The van der Waals surface area contributed by atoms with Gasteiger partial charge < -0.3 is 9.84 Å². The smallest absolute Gasteiger partial charge is 0.155 e. The number of unbranched alkanes of at least 4 members (excludes halogenated alkanes) is 1. The number of carbonyl (C=O) groups is 1. The van der Waals surface area contributed by atoms with E-state index in [9.17, 15) is 9.90 Å². The minimum atomic E-state index is -0.315. The summed E-state index contributed by atoms with van der Waals surface area (Å²) in [6.07, 6.45) is 12.0. The van der Waals surface area contributed by atoms with Gasteiger partial charge in [-0.2, -0.15) is 11.8 Å². The van der Waals surface area contributed by atoms with Crippen LogP contribution in [0.2, 0.25) is 0 Å². The highest BCUT2D eigenvalue weighted by atomic mass is 32.2. The monoisotopic (exact) mass is 528 g/mol. The lowest BCUT2D eigenvalue weighted by Gasteiger charge is -2.47. The molecule has 4 unspecified atom stereocenters. The number of benzene rings is 1. The van der Waals surface area contributed by atoms with E-state index in [-0.39, 0.29) is 11.5 Å². The first kappa shape index (κ1) is 30.3. The minimum Gasteiger partial charge on any atom is -0.494 e. The molecular formula is C33H52O3S. The number of hydrogen-bond acceptors (Lipinski definition) is 4. The van der Waals surface area contributed by atoms with Gasteiger partial charge in [0.05, 0.1) is 12.7 Å². The van der Waals surface area contributed by atoms with Crippen molar-refractivity contribution in [3.63, 3.8) is 0 Å². The average Bonchev–Trinajstić information content (AvgIpc) is 3.03. The quantitative estimate of drug-likeness (QED) is 0.206. The number of ether oxygens (including phenoxy) is 1. The summed E-state index contributed by atoms with van der Waals surface area (Å²) in [4.78, 5) is 12.0. The first-order valence-electron chi connectivity index (χ1n) is 15.0. The summed E-state index contributed by atoms with van der Waals surface area (Å²) in [5.41, 5.74) is 2.49. The molecule has 1 aromatic carbocycles. The van der Waals surface area contributed by atoms with Gasteiger partial charge in [-0.25, -0.2) is 0 Å². The number of rotatable bonds is 13. The summed E-state index contributed by atoms with van der Waals surface area (Å²) in [5.74, 6) is 5.56. The first-order chi connectivity index (χ1) is 17.9. The van der Waals surface area contributed by atoms with Crippen LogP contribution in [0, 0.1) is 29.1 Å². The number of aliphatic hydroxyl groups excluding tert-OH is 1. The van der Waals surface area contributed by atoms with Gasteiger partial charge in [0.25, 0.3) is 0 Å². The van der Waals surface area contributed by atoms with Crippen LogP contribution in [0.25, 0.3) is 0 Å². The van der Waals surface area contributed by atoms with Crippen LogP contribution >= 0.6 is 11.8 Å². The number of allylic oxidation sites excluding steroid dienone is 2. The van der Waals surface area contributed by atoms with E-state index in [1.54, 1.807) is 0 Å². The maximum atomic E-state index is 12.0. The van der Waals surface area contributed by atoms with E-state index in [2.05, 4.69) is 58.9 Å². The van der Waals surface area contributed by atoms with E-state index in [0.717, 1.165) is 50.0 Å². The number of carbonyl (C=O) groups excluding carboxylic acids is 1. The maximum Gasteiger partial charge on any atom is 0.155 e. The summed E-state index contributed by atoms with van der Waals surface area (Å²) < 4.78 is 6.36. The van der Waals surface area contributed by atoms with Crippen molar-refractivity contribution < 1.29 is 14.6 Å². The van der Waals surface area contributed by atoms with Crippen LogP contribution < -0.4 is 4.74 Å². The summed E-state index contributed by atoms with van der Waals surface area (Å²) in [6.45, 7) is 11.9. The van der Waals surface area contributed by atoms with Gasteiger partial charge in [0.15, 0.2) is 5.78 Å². The lowest BCUT2D eigenvalue weighted by Crippen LogP contribution is -2.45. The van der Waals surface area contributed by atoms with Crippen molar-refractivity contribution in [2.45, 2.75) is 111 Å². The van der Waals surface area contributed by atoms with Gasteiger partial charge in [-0.05, 0) is 98.6 Å². The molecule has 2 aliphatic rings. The van der Waals surface area contributed by atoms with Gasteiger partial charge in [-0.3, -0.25) is 4.79 Å². The molecule has 1 aromatic rings. The summed E-state index contributed by atoms with van der Waals surface area (Å²) in [7, 11) is 0. The SMILES string of the molecule is CCCCSCc1cccc(OCC[C@]2([C@@H](O)CC)CCCC(C3CCC(=O)C=C3C)C(CC)C2C)c1. The Hall–Kier alpha value is -1.26.